The lowest BCUT2D eigenvalue weighted by molar-refractivity contribution is -0.147. The van der Waals surface area contributed by atoms with Gasteiger partial charge in [-0.1, -0.05) is 60.4 Å². The van der Waals surface area contributed by atoms with E-state index in [9.17, 15) is 19.2 Å². The minimum absolute atomic E-state index is 0.00864. The SMILES string of the molecule is O=C1C(=O)N(c2ccccc2)CCN1CC#CCN1C(=O)CC(c2ccccc2)CC1=O. The van der Waals surface area contributed by atoms with Crippen molar-refractivity contribution in [2.24, 2.45) is 0 Å². The van der Waals surface area contributed by atoms with E-state index in [-0.39, 0.29) is 43.7 Å². The number of likely N-dealkylation sites (tertiary alicyclic amines) is 1. The summed E-state index contributed by atoms with van der Waals surface area (Å²) in [5.74, 6) is 3.86. The van der Waals surface area contributed by atoms with Crippen LogP contribution in [0.3, 0.4) is 0 Å². The number of hydrogen-bond donors (Lipinski definition) is 0. The Morgan fingerprint density at radius 2 is 1.31 bits per heavy atom. The van der Waals surface area contributed by atoms with E-state index in [1.165, 1.54) is 14.7 Å². The molecule has 7 heteroatoms. The number of anilines is 1. The van der Waals surface area contributed by atoms with E-state index in [2.05, 4.69) is 11.8 Å². The van der Waals surface area contributed by atoms with Crippen molar-refractivity contribution < 1.29 is 19.2 Å². The van der Waals surface area contributed by atoms with E-state index in [4.69, 9.17) is 0 Å². The van der Waals surface area contributed by atoms with E-state index in [0.29, 0.717) is 18.8 Å². The van der Waals surface area contributed by atoms with E-state index < -0.39 is 11.8 Å². The van der Waals surface area contributed by atoms with Gasteiger partial charge in [-0.2, -0.15) is 0 Å². The summed E-state index contributed by atoms with van der Waals surface area (Å²) in [5.41, 5.74) is 1.67. The van der Waals surface area contributed by atoms with Crippen molar-refractivity contribution in [3.8, 4) is 11.8 Å². The predicted octanol–water partition coefficient (Wildman–Crippen LogP) is 1.80. The second-order valence-corrected chi connectivity index (χ2v) is 7.76. The van der Waals surface area contributed by atoms with E-state index in [0.717, 1.165) is 5.56 Å². The van der Waals surface area contributed by atoms with Gasteiger partial charge in [-0.05, 0) is 17.7 Å². The van der Waals surface area contributed by atoms with Crippen LogP contribution in [0.25, 0.3) is 0 Å². The summed E-state index contributed by atoms with van der Waals surface area (Å²) in [6, 6.07) is 18.6. The summed E-state index contributed by atoms with van der Waals surface area (Å²) in [4.78, 5) is 53.8. The fraction of sp³-hybridized carbons (Fsp3) is 0.280. The summed E-state index contributed by atoms with van der Waals surface area (Å²) in [6.07, 6.45) is 0.539. The van der Waals surface area contributed by atoms with Crippen molar-refractivity contribution in [1.29, 1.82) is 0 Å². The number of carbonyl (C=O) groups is 4. The van der Waals surface area contributed by atoms with Crippen LogP contribution < -0.4 is 4.90 Å². The number of amides is 4. The summed E-state index contributed by atoms with van der Waals surface area (Å²) in [6.45, 7) is 0.829. The summed E-state index contributed by atoms with van der Waals surface area (Å²) in [7, 11) is 0. The lowest BCUT2D eigenvalue weighted by Gasteiger charge is -2.32. The smallest absolute Gasteiger partial charge is 0.316 e. The normalized spacial score (nSPS) is 17.4. The zero-order chi connectivity index (χ0) is 22.5. The number of benzene rings is 2. The number of carbonyl (C=O) groups excluding carboxylic acids is 4. The Balaban J connectivity index is 1.31. The molecule has 2 saturated heterocycles. The van der Waals surface area contributed by atoms with Crippen LogP contribution in [0.4, 0.5) is 5.69 Å². The molecule has 0 bridgehead atoms. The van der Waals surface area contributed by atoms with Crippen LogP contribution in [-0.4, -0.2) is 59.6 Å². The molecule has 2 heterocycles. The molecule has 2 aliphatic heterocycles. The first-order valence-electron chi connectivity index (χ1n) is 10.5. The zero-order valence-electron chi connectivity index (χ0n) is 17.6. The topological polar surface area (TPSA) is 78.0 Å². The van der Waals surface area contributed by atoms with Gasteiger partial charge in [0, 0.05) is 37.5 Å². The van der Waals surface area contributed by atoms with Crippen LogP contribution in [0, 0.1) is 11.8 Å². The quantitative estimate of drug-likeness (QED) is 0.422. The fourth-order valence-electron chi connectivity index (χ4n) is 3.96. The molecule has 32 heavy (non-hydrogen) atoms. The number of nitrogens with zero attached hydrogens (tertiary/aromatic N) is 3. The molecule has 2 fully saturated rings. The number of piperidine rings is 1. The number of piperazine rings is 1. The highest BCUT2D eigenvalue weighted by molar-refractivity contribution is 6.41. The maximum absolute atomic E-state index is 12.5. The molecule has 0 aromatic heterocycles. The third-order valence-corrected chi connectivity index (χ3v) is 5.72. The van der Waals surface area contributed by atoms with Crippen LogP contribution in [0.5, 0.6) is 0 Å². The monoisotopic (exact) mass is 429 g/mol. The molecule has 0 spiro atoms. The maximum Gasteiger partial charge on any atom is 0.316 e. The summed E-state index contributed by atoms with van der Waals surface area (Å²) in [5, 5.41) is 0. The molecule has 0 atom stereocenters. The second-order valence-electron chi connectivity index (χ2n) is 7.76. The van der Waals surface area contributed by atoms with Crippen molar-refractivity contribution in [3.63, 3.8) is 0 Å². The Morgan fingerprint density at radius 3 is 1.97 bits per heavy atom. The average Bonchev–Trinajstić information content (AvgIpc) is 2.81. The Hall–Kier alpha value is -3.92. The van der Waals surface area contributed by atoms with Crippen molar-refractivity contribution in [2.45, 2.75) is 18.8 Å². The summed E-state index contributed by atoms with van der Waals surface area (Å²) < 4.78 is 0. The number of imide groups is 1. The van der Waals surface area contributed by atoms with Gasteiger partial charge in [-0.3, -0.25) is 24.1 Å². The molecule has 4 amide bonds. The van der Waals surface area contributed by atoms with Gasteiger partial charge in [0.05, 0.1) is 13.1 Å². The Bertz CT molecular complexity index is 1070. The Kier molecular flexibility index (Phi) is 6.31. The maximum atomic E-state index is 12.5. The van der Waals surface area contributed by atoms with Crippen molar-refractivity contribution in [3.05, 3.63) is 66.2 Å². The lowest BCUT2D eigenvalue weighted by atomic mass is 9.88. The molecule has 2 aliphatic rings. The molecule has 0 saturated carbocycles. The highest BCUT2D eigenvalue weighted by Gasteiger charge is 2.34. The predicted molar refractivity (Wildman–Crippen MR) is 118 cm³/mol. The van der Waals surface area contributed by atoms with Gasteiger partial charge in [-0.25, -0.2) is 0 Å². The van der Waals surface area contributed by atoms with Crippen LogP contribution in [0.1, 0.15) is 24.3 Å². The first kappa shape index (κ1) is 21.3. The first-order valence-corrected chi connectivity index (χ1v) is 10.5. The molecule has 0 unspecified atom stereocenters. The molecule has 2 aromatic carbocycles. The first-order chi connectivity index (χ1) is 15.5. The molecule has 2 aromatic rings. The van der Waals surface area contributed by atoms with E-state index >= 15 is 0 Å². The van der Waals surface area contributed by atoms with Crippen molar-refractivity contribution in [2.75, 3.05) is 31.1 Å². The van der Waals surface area contributed by atoms with Gasteiger partial charge in [-0.15, -0.1) is 0 Å². The van der Waals surface area contributed by atoms with Gasteiger partial charge >= 0.3 is 11.8 Å². The third kappa shape index (κ3) is 4.54. The largest absolute Gasteiger partial charge is 0.321 e. The molecular weight excluding hydrogens is 406 g/mol. The second kappa shape index (κ2) is 9.48. The third-order valence-electron chi connectivity index (χ3n) is 5.72. The van der Waals surface area contributed by atoms with Gasteiger partial charge < -0.3 is 9.80 Å². The number of rotatable bonds is 4. The minimum Gasteiger partial charge on any atom is -0.321 e. The molecule has 4 rings (SSSR count). The highest BCUT2D eigenvalue weighted by atomic mass is 16.2. The molecule has 0 aliphatic carbocycles. The Morgan fingerprint density at radius 1 is 0.719 bits per heavy atom. The minimum atomic E-state index is -0.606. The molecular formula is C25H23N3O4. The van der Waals surface area contributed by atoms with Crippen LogP contribution in [0.15, 0.2) is 60.7 Å². The molecule has 7 nitrogen and oxygen atoms in total. The highest BCUT2D eigenvalue weighted by Crippen LogP contribution is 2.29. The fourth-order valence-corrected chi connectivity index (χ4v) is 3.96. The van der Waals surface area contributed by atoms with Crippen molar-refractivity contribution in [1.82, 2.24) is 9.80 Å². The average molecular weight is 429 g/mol. The Labute approximate surface area is 186 Å². The van der Waals surface area contributed by atoms with Gasteiger partial charge in [0.15, 0.2) is 0 Å². The van der Waals surface area contributed by atoms with E-state index in [1.54, 1.807) is 12.1 Å². The molecule has 0 N–H and O–H groups in total. The molecule has 162 valence electrons. The van der Waals surface area contributed by atoms with Crippen molar-refractivity contribution >= 4 is 29.3 Å². The van der Waals surface area contributed by atoms with Gasteiger partial charge in [0.2, 0.25) is 11.8 Å². The molecule has 0 radical (unpaired) electrons. The number of para-hydroxylation sites is 1. The van der Waals surface area contributed by atoms with Crippen LogP contribution in [-0.2, 0) is 19.2 Å². The lowest BCUT2D eigenvalue weighted by Crippen LogP contribution is -2.54. The van der Waals surface area contributed by atoms with Gasteiger partial charge in [0.25, 0.3) is 0 Å². The summed E-state index contributed by atoms with van der Waals surface area (Å²) >= 11 is 0. The van der Waals surface area contributed by atoms with Crippen LogP contribution >= 0.6 is 0 Å². The van der Waals surface area contributed by atoms with Crippen LogP contribution in [0.2, 0.25) is 0 Å². The van der Waals surface area contributed by atoms with Gasteiger partial charge in [0.1, 0.15) is 0 Å². The zero-order valence-corrected chi connectivity index (χ0v) is 17.6. The van der Waals surface area contributed by atoms with E-state index in [1.807, 2.05) is 48.5 Å². The number of hydrogen-bond acceptors (Lipinski definition) is 4. The standard InChI is InChI=1S/C25H23N3O4/c29-22-17-20(19-9-3-1-4-10-19)18-23(30)28(22)14-8-7-13-26-15-16-27(25(32)24(26)31)21-11-5-2-6-12-21/h1-6,9-12,20H,13-18H2.